The van der Waals surface area contributed by atoms with Crippen molar-refractivity contribution >= 4 is 34.8 Å². The van der Waals surface area contributed by atoms with E-state index in [0.29, 0.717) is 11.3 Å². The van der Waals surface area contributed by atoms with Crippen molar-refractivity contribution in [3.8, 4) is 5.75 Å². The van der Waals surface area contributed by atoms with Crippen molar-refractivity contribution < 1.29 is 19.2 Å². The lowest BCUT2D eigenvalue weighted by Gasteiger charge is -2.13. The Kier molecular flexibility index (Phi) is 7.61. The van der Waals surface area contributed by atoms with Gasteiger partial charge in [0.15, 0.2) is 5.11 Å². The molecule has 0 radical (unpaired) electrons. The molecule has 0 aliphatic heterocycles. The van der Waals surface area contributed by atoms with Crippen molar-refractivity contribution in [3.63, 3.8) is 0 Å². The van der Waals surface area contributed by atoms with Gasteiger partial charge in [-0.3, -0.25) is 35.9 Å². The second-order valence-electron chi connectivity index (χ2n) is 6.03. The summed E-state index contributed by atoms with van der Waals surface area (Å²) in [5, 5.41) is 13.0. The van der Waals surface area contributed by atoms with Crippen LogP contribution < -0.4 is 20.9 Å². The van der Waals surface area contributed by atoms with Gasteiger partial charge in [-0.1, -0.05) is 6.92 Å². The SMILES string of the molecule is CCC(C)Oc1ccc(C(=O)NC(=S)NNC(=O)c2ccc([N+](=O)[O-])cc2)cc1. The first-order valence-corrected chi connectivity index (χ1v) is 9.13. The number of nitro groups is 1. The molecule has 0 saturated carbocycles. The Morgan fingerprint density at radius 2 is 1.59 bits per heavy atom. The van der Waals surface area contributed by atoms with Gasteiger partial charge in [-0.2, -0.15) is 0 Å². The summed E-state index contributed by atoms with van der Waals surface area (Å²) in [4.78, 5) is 34.3. The maximum absolute atomic E-state index is 12.2. The number of amides is 2. The monoisotopic (exact) mass is 416 g/mol. The summed E-state index contributed by atoms with van der Waals surface area (Å²) < 4.78 is 5.65. The number of benzene rings is 2. The molecule has 2 aromatic carbocycles. The molecule has 0 aliphatic rings. The average Bonchev–Trinajstić information content (AvgIpc) is 2.72. The van der Waals surface area contributed by atoms with E-state index in [4.69, 9.17) is 17.0 Å². The van der Waals surface area contributed by atoms with Crippen LogP contribution >= 0.6 is 12.2 Å². The minimum absolute atomic E-state index is 0.0748. The molecule has 10 heteroatoms. The predicted octanol–water partition coefficient (Wildman–Crippen LogP) is 2.72. The van der Waals surface area contributed by atoms with Gasteiger partial charge in [-0.05, 0) is 62.0 Å². The summed E-state index contributed by atoms with van der Waals surface area (Å²) in [5.41, 5.74) is 5.14. The van der Waals surface area contributed by atoms with E-state index >= 15 is 0 Å². The number of hydrogen-bond donors (Lipinski definition) is 3. The molecular formula is C19H20N4O5S. The summed E-state index contributed by atoms with van der Waals surface area (Å²) in [6, 6.07) is 11.6. The molecule has 3 N–H and O–H groups in total. The number of ether oxygens (including phenoxy) is 1. The van der Waals surface area contributed by atoms with E-state index in [9.17, 15) is 19.7 Å². The van der Waals surface area contributed by atoms with Gasteiger partial charge in [-0.15, -0.1) is 0 Å². The van der Waals surface area contributed by atoms with Crippen molar-refractivity contribution in [2.24, 2.45) is 0 Å². The largest absolute Gasteiger partial charge is 0.491 e. The fourth-order valence-electron chi connectivity index (χ4n) is 2.13. The molecule has 2 rings (SSSR count). The summed E-state index contributed by atoms with van der Waals surface area (Å²) in [7, 11) is 0. The van der Waals surface area contributed by atoms with E-state index in [0.717, 1.165) is 6.42 Å². The molecule has 2 aromatic rings. The number of hydrazine groups is 1. The summed E-state index contributed by atoms with van der Waals surface area (Å²) in [6.45, 7) is 3.97. The van der Waals surface area contributed by atoms with Gasteiger partial charge in [0, 0.05) is 23.3 Å². The van der Waals surface area contributed by atoms with Crippen LogP contribution in [0.3, 0.4) is 0 Å². The highest BCUT2D eigenvalue weighted by atomic mass is 32.1. The lowest BCUT2D eigenvalue weighted by atomic mass is 10.2. The standard InChI is InChI=1S/C19H20N4O5S/c1-3-12(2)28-16-10-6-13(7-11-16)17(24)20-19(29)22-21-18(25)14-4-8-15(9-5-14)23(26)27/h4-12H,3H2,1-2H3,(H,21,25)(H2,20,22,24,29). The lowest BCUT2D eigenvalue weighted by molar-refractivity contribution is -0.384. The van der Waals surface area contributed by atoms with Crippen molar-refractivity contribution in [2.75, 3.05) is 0 Å². The highest BCUT2D eigenvalue weighted by Crippen LogP contribution is 2.15. The Bertz CT molecular complexity index is 900. The minimum Gasteiger partial charge on any atom is -0.491 e. The van der Waals surface area contributed by atoms with Gasteiger partial charge >= 0.3 is 0 Å². The summed E-state index contributed by atoms with van der Waals surface area (Å²) in [5.74, 6) is -0.364. The van der Waals surface area contributed by atoms with Crippen LogP contribution in [0.1, 0.15) is 41.0 Å². The number of non-ortho nitro benzene ring substituents is 1. The first-order chi connectivity index (χ1) is 13.8. The quantitative estimate of drug-likeness (QED) is 0.376. The topological polar surface area (TPSA) is 123 Å². The zero-order valence-corrected chi connectivity index (χ0v) is 16.6. The number of nitro benzene ring substituents is 1. The third kappa shape index (κ3) is 6.54. The molecule has 0 heterocycles. The zero-order valence-electron chi connectivity index (χ0n) is 15.8. The number of nitrogens with zero attached hydrogens (tertiary/aromatic N) is 1. The Balaban J connectivity index is 1.84. The van der Waals surface area contributed by atoms with Gasteiger partial charge < -0.3 is 4.74 Å². The molecule has 2 amide bonds. The summed E-state index contributed by atoms with van der Waals surface area (Å²) in [6.07, 6.45) is 0.944. The molecule has 29 heavy (non-hydrogen) atoms. The molecule has 0 aliphatic carbocycles. The number of carbonyl (C=O) groups is 2. The van der Waals surface area contributed by atoms with Crippen LogP contribution in [0, 0.1) is 10.1 Å². The third-order valence-corrected chi connectivity index (χ3v) is 4.09. The van der Waals surface area contributed by atoms with Crippen LogP contribution in [0.25, 0.3) is 0 Å². The normalized spacial score (nSPS) is 11.1. The Morgan fingerprint density at radius 1 is 1.03 bits per heavy atom. The van der Waals surface area contributed by atoms with Gasteiger partial charge in [0.2, 0.25) is 0 Å². The number of carbonyl (C=O) groups excluding carboxylic acids is 2. The van der Waals surface area contributed by atoms with Crippen LogP contribution in [0.2, 0.25) is 0 Å². The third-order valence-electron chi connectivity index (χ3n) is 3.89. The highest BCUT2D eigenvalue weighted by molar-refractivity contribution is 7.80. The van der Waals surface area contributed by atoms with E-state index in [1.165, 1.54) is 24.3 Å². The maximum Gasteiger partial charge on any atom is 0.269 e. The molecule has 152 valence electrons. The molecule has 0 bridgehead atoms. The van der Waals surface area contributed by atoms with Crippen LogP contribution in [-0.4, -0.2) is 28.0 Å². The number of thiocarbonyl (C=S) groups is 1. The molecule has 0 aromatic heterocycles. The molecule has 9 nitrogen and oxygen atoms in total. The van der Waals surface area contributed by atoms with E-state index in [2.05, 4.69) is 16.2 Å². The molecule has 0 fully saturated rings. The van der Waals surface area contributed by atoms with Crippen LogP contribution in [0.5, 0.6) is 5.75 Å². The lowest BCUT2D eigenvalue weighted by Crippen LogP contribution is -2.48. The van der Waals surface area contributed by atoms with Crippen LogP contribution in [-0.2, 0) is 0 Å². The Labute approximate surface area is 172 Å². The molecule has 0 saturated heterocycles. The van der Waals surface area contributed by atoms with Crippen molar-refractivity contribution in [1.82, 2.24) is 16.2 Å². The molecule has 0 spiro atoms. The van der Waals surface area contributed by atoms with Crippen LogP contribution in [0.15, 0.2) is 48.5 Å². The van der Waals surface area contributed by atoms with Gasteiger partial charge in [0.25, 0.3) is 17.5 Å². The second kappa shape index (κ2) is 10.1. The zero-order chi connectivity index (χ0) is 21.4. The van der Waals surface area contributed by atoms with E-state index < -0.39 is 16.7 Å². The molecule has 1 unspecified atom stereocenters. The van der Waals surface area contributed by atoms with Crippen molar-refractivity contribution in [1.29, 1.82) is 0 Å². The fraction of sp³-hybridized carbons (Fsp3) is 0.211. The fourth-order valence-corrected chi connectivity index (χ4v) is 2.27. The molecular weight excluding hydrogens is 396 g/mol. The number of hydrogen-bond acceptors (Lipinski definition) is 6. The van der Waals surface area contributed by atoms with E-state index in [1.54, 1.807) is 24.3 Å². The molecule has 1 atom stereocenters. The average molecular weight is 416 g/mol. The number of rotatable bonds is 6. The van der Waals surface area contributed by atoms with E-state index in [-0.39, 0.29) is 22.5 Å². The first-order valence-electron chi connectivity index (χ1n) is 8.73. The second-order valence-corrected chi connectivity index (χ2v) is 6.44. The van der Waals surface area contributed by atoms with Gasteiger partial charge in [0.1, 0.15) is 5.75 Å². The Hall–Kier alpha value is -3.53. The van der Waals surface area contributed by atoms with E-state index in [1.807, 2.05) is 13.8 Å². The Morgan fingerprint density at radius 3 is 2.14 bits per heavy atom. The highest BCUT2D eigenvalue weighted by Gasteiger charge is 2.12. The van der Waals surface area contributed by atoms with Crippen LogP contribution in [0.4, 0.5) is 5.69 Å². The van der Waals surface area contributed by atoms with Gasteiger partial charge in [0.05, 0.1) is 11.0 Å². The van der Waals surface area contributed by atoms with Gasteiger partial charge in [-0.25, -0.2) is 0 Å². The first kappa shape index (κ1) is 21.8. The van der Waals surface area contributed by atoms with Crippen molar-refractivity contribution in [3.05, 3.63) is 69.8 Å². The number of nitrogens with one attached hydrogen (secondary N) is 3. The predicted molar refractivity (Wildman–Crippen MR) is 111 cm³/mol. The van der Waals surface area contributed by atoms with Crippen molar-refractivity contribution in [2.45, 2.75) is 26.4 Å². The smallest absolute Gasteiger partial charge is 0.269 e. The minimum atomic E-state index is -0.567. The maximum atomic E-state index is 12.2. The summed E-state index contributed by atoms with van der Waals surface area (Å²) >= 11 is 4.98.